The Kier molecular flexibility index (Phi) is 4.90. The van der Waals surface area contributed by atoms with Crippen molar-refractivity contribution in [1.29, 1.82) is 0 Å². The Balaban J connectivity index is 2.01. The van der Waals surface area contributed by atoms with E-state index in [4.69, 9.17) is 10.7 Å². The average molecular weight is 362 g/mol. The van der Waals surface area contributed by atoms with Gasteiger partial charge < -0.3 is 5.73 Å². The highest BCUT2D eigenvalue weighted by molar-refractivity contribution is 6.70. The van der Waals surface area contributed by atoms with Gasteiger partial charge in [0.15, 0.2) is 11.5 Å². The second-order valence-corrected chi connectivity index (χ2v) is 7.18. The first-order valence-corrected chi connectivity index (χ1v) is 8.70. The predicted molar refractivity (Wildman–Crippen MR) is 107 cm³/mol. The van der Waals surface area contributed by atoms with Gasteiger partial charge >= 0.3 is 0 Å². The summed E-state index contributed by atoms with van der Waals surface area (Å²) in [6.45, 7) is 5.50. The molecule has 0 saturated heterocycles. The third kappa shape index (κ3) is 4.11. The largest absolute Gasteiger partial charge is 0.364 e. The normalized spacial score (nSPS) is 15.5. The third-order valence-corrected chi connectivity index (χ3v) is 4.33. The van der Waals surface area contributed by atoms with Crippen LogP contribution in [-0.2, 0) is 11.2 Å². The molecule has 0 unspecified atom stereocenters. The van der Waals surface area contributed by atoms with E-state index in [9.17, 15) is 9.59 Å². The number of carbonyl (C=O) groups is 2. The van der Waals surface area contributed by atoms with Crippen LogP contribution < -0.4 is 11.2 Å². The molecule has 3 N–H and O–H groups in total. The molecule has 0 spiro atoms. The monoisotopic (exact) mass is 362 g/mol. The van der Waals surface area contributed by atoms with Crippen molar-refractivity contribution in [2.45, 2.75) is 32.7 Å². The minimum absolute atomic E-state index is 0.0508. The van der Waals surface area contributed by atoms with Crippen LogP contribution in [-0.4, -0.2) is 28.7 Å². The molecule has 6 nitrogen and oxygen atoms in total. The topological polar surface area (TPSA) is 96.9 Å². The Morgan fingerprint density at radius 3 is 2.59 bits per heavy atom. The molecule has 2 aromatic rings. The highest BCUT2D eigenvalue weighted by Crippen LogP contribution is 2.27. The molecule has 0 aromatic heterocycles. The molecule has 0 atom stereocenters. The minimum Gasteiger partial charge on any atom is -0.364 e. The summed E-state index contributed by atoms with van der Waals surface area (Å²) >= 11 is 0. The van der Waals surface area contributed by atoms with Crippen LogP contribution in [0.3, 0.4) is 0 Å². The Morgan fingerprint density at radius 1 is 1.15 bits per heavy atom. The summed E-state index contributed by atoms with van der Waals surface area (Å²) in [5.41, 5.74) is 11.7. The van der Waals surface area contributed by atoms with Crippen molar-refractivity contribution in [2.75, 3.05) is 5.43 Å². The summed E-state index contributed by atoms with van der Waals surface area (Å²) in [7, 11) is 0. The molecular weight excluding hydrogens is 340 g/mol. The molecule has 0 radical (unpaired) electrons. The van der Waals surface area contributed by atoms with E-state index in [2.05, 4.69) is 10.5 Å². The zero-order valence-electron chi connectivity index (χ0n) is 15.6. The van der Waals surface area contributed by atoms with Crippen molar-refractivity contribution in [3.8, 4) is 0 Å². The number of fused-ring (bicyclic) bond motifs is 1. The van der Waals surface area contributed by atoms with Gasteiger partial charge in [0.2, 0.25) is 0 Å². The number of hydrogen-bond donors (Lipinski definition) is 2. The van der Waals surface area contributed by atoms with Crippen LogP contribution in [0.4, 0.5) is 5.69 Å². The third-order valence-electron chi connectivity index (χ3n) is 4.33. The van der Waals surface area contributed by atoms with E-state index in [0.29, 0.717) is 17.0 Å². The molecule has 138 valence electrons. The van der Waals surface area contributed by atoms with E-state index in [0.717, 1.165) is 17.5 Å². The minimum atomic E-state index is -0.670. The highest BCUT2D eigenvalue weighted by Gasteiger charge is 2.30. The van der Waals surface area contributed by atoms with Gasteiger partial charge in [-0.15, -0.1) is 0 Å². The van der Waals surface area contributed by atoms with Crippen LogP contribution in [0, 0.1) is 0 Å². The number of primary amides is 1. The van der Waals surface area contributed by atoms with E-state index >= 15 is 0 Å². The van der Waals surface area contributed by atoms with Gasteiger partial charge in [-0.25, -0.2) is 0 Å². The number of carbonyl (C=O) groups excluding carboxylic acids is 2. The lowest BCUT2D eigenvalue weighted by molar-refractivity contribution is -0.111. The van der Waals surface area contributed by atoms with Crippen molar-refractivity contribution < 1.29 is 9.59 Å². The summed E-state index contributed by atoms with van der Waals surface area (Å²) in [4.78, 5) is 28.4. The summed E-state index contributed by atoms with van der Waals surface area (Å²) < 4.78 is 0. The number of amides is 1. The number of benzene rings is 2. The lowest BCUT2D eigenvalue weighted by Gasteiger charge is -2.28. The summed E-state index contributed by atoms with van der Waals surface area (Å²) in [5.74, 6) is -0.721. The highest BCUT2D eigenvalue weighted by atomic mass is 16.1. The molecule has 1 amide bonds. The van der Waals surface area contributed by atoms with E-state index in [1.165, 1.54) is 6.92 Å². The standard InChI is InChI=1S/C21H22N4O2/c1-13(26)14-8-6-9-16(11-14)24-25-19(20(22)27)18-17-10-5-4-7-15(17)12-21(2,3)23-18/h4-11,24H,12H2,1-3H3,(H2,22,27)/b25-19-. The molecule has 6 heteroatoms. The lowest BCUT2D eigenvalue weighted by atomic mass is 9.85. The number of ketones is 1. The molecule has 2 aromatic carbocycles. The van der Waals surface area contributed by atoms with Crippen LogP contribution in [0.15, 0.2) is 58.6 Å². The fraction of sp³-hybridized carbons (Fsp3) is 0.238. The number of anilines is 1. The van der Waals surface area contributed by atoms with Gasteiger partial charge in [0, 0.05) is 11.1 Å². The SMILES string of the molecule is CC(=O)c1cccc(N/N=C(\C(N)=O)C2=NC(C)(C)Cc3ccccc32)c1. The van der Waals surface area contributed by atoms with Crippen LogP contribution >= 0.6 is 0 Å². The molecule has 27 heavy (non-hydrogen) atoms. The summed E-state index contributed by atoms with van der Waals surface area (Å²) in [6.07, 6.45) is 0.771. The average Bonchev–Trinajstić information content (AvgIpc) is 2.60. The Hall–Kier alpha value is -3.28. The van der Waals surface area contributed by atoms with E-state index in [1.54, 1.807) is 24.3 Å². The van der Waals surface area contributed by atoms with E-state index in [1.807, 2.05) is 38.1 Å². The van der Waals surface area contributed by atoms with Gasteiger partial charge in [0.05, 0.1) is 16.9 Å². The number of nitrogens with zero attached hydrogens (tertiary/aromatic N) is 2. The Bertz CT molecular complexity index is 974. The molecule has 0 saturated carbocycles. The summed E-state index contributed by atoms with van der Waals surface area (Å²) in [6, 6.07) is 14.7. The van der Waals surface area contributed by atoms with Gasteiger partial charge in [0.1, 0.15) is 0 Å². The van der Waals surface area contributed by atoms with Crippen molar-refractivity contribution in [2.24, 2.45) is 15.8 Å². The van der Waals surface area contributed by atoms with Crippen molar-refractivity contribution >= 4 is 28.8 Å². The fourth-order valence-electron chi connectivity index (χ4n) is 3.11. The second-order valence-electron chi connectivity index (χ2n) is 7.18. The van der Waals surface area contributed by atoms with Gasteiger partial charge in [-0.2, -0.15) is 5.10 Å². The zero-order valence-corrected chi connectivity index (χ0v) is 15.6. The van der Waals surface area contributed by atoms with Gasteiger partial charge in [-0.05, 0) is 44.9 Å². The van der Waals surface area contributed by atoms with Crippen molar-refractivity contribution in [3.05, 3.63) is 65.2 Å². The maximum absolute atomic E-state index is 12.1. The first-order chi connectivity index (χ1) is 12.8. The number of Topliss-reactive ketones (excluding diaryl/α,β-unsaturated/α-hetero) is 1. The molecule has 1 aliphatic rings. The van der Waals surface area contributed by atoms with Crippen molar-refractivity contribution in [1.82, 2.24) is 0 Å². The first kappa shape index (κ1) is 18.5. The molecule has 0 bridgehead atoms. The zero-order chi connectivity index (χ0) is 19.6. The predicted octanol–water partition coefficient (Wildman–Crippen LogP) is 2.97. The van der Waals surface area contributed by atoms with E-state index in [-0.39, 0.29) is 17.0 Å². The maximum atomic E-state index is 12.1. The molecule has 1 aliphatic heterocycles. The smallest absolute Gasteiger partial charge is 0.271 e. The van der Waals surface area contributed by atoms with Crippen LogP contribution in [0.2, 0.25) is 0 Å². The molecule has 0 aliphatic carbocycles. The van der Waals surface area contributed by atoms with Gasteiger partial charge in [-0.3, -0.25) is 20.0 Å². The number of hydrazone groups is 1. The Morgan fingerprint density at radius 2 is 1.89 bits per heavy atom. The Labute approximate surface area is 158 Å². The molecule has 1 heterocycles. The number of rotatable bonds is 5. The van der Waals surface area contributed by atoms with Gasteiger partial charge in [-0.1, -0.05) is 36.4 Å². The van der Waals surface area contributed by atoms with Crippen LogP contribution in [0.25, 0.3) is 0 Å². The first-order valence-electron chi connectivity index (χ1n) is 8.70. The molecular formula is C21H22N4O2. The van der Waals surface area contributed by atoms with Gasteiger partial charge in [0.25, 0.3) is 5.91 Å². The number of aliphatic imine (C=N–C) groups is 1. The fourth-order valence-corrected chi connectivity index (χ4v) is 3.11. The van der Waals surface area contributed by atoms with Crippen LogP contribution in [0.5, 0.6) is 0 Å². The summed E-state index contributed by atoms with van der Waals surface area (Å²) in [5, 5.41) is 4.23. The number of hydrogen-bond acceptors (Lipinski definition) is 5. The van der Waals surface area contributed by atoms with Crippen LogP contribution in [0.1, 0.15) is 42.3 Å². The quantitative estimate of drug-likeness (QED) is 0.486. The lowest BCUT2D eigenvalue weighted by Crippen LogP contribution is -2.38. The van der Waals surface area contributed by atoms with Crippen molar-refractivity contribution in [3.63, 3.8) is 0 Å². The maximum Gasteiger partial charge on any atom is 0.271 e. The second kappa shape index (κ2) is 7.15. The number of nitrogens with two attached hydrogens (primary N) is 1. The van der Waals surface area contributed by atoms with E-state index < -0.39 is 5.91 Å². The molecule has 0 fully saturated rings. The number of nitrogens with one attached hydrogen (secondary N) is 1. The molecule has 3 rings (SSSR count).